The van der Waals surface area contributed by atoms with Crippen LogP contribution in [-0.4, -0.2) is 37.4 Å². The summed E-state index contributed by atoms with van der Waals surface area (Å²) in [5, 5.41) is 12.4. The molecule has 0 aromatic heterocycles. The smallest absolute Gasteiger partial charge is 0.313 e. The number of aliphatic hydroxyl groups excluding tert-OH is 1. The third kappa shape index (κ3) is 1.25. The highest BCUT2D eigenvalue weighted by molar-refractivity contribution is 5.79. The minimum Gasteiger partial charge on any atom is -0.466 e. The number of hydrogen-bond donors (Lipinski definition) is 2. The number of rotatable bonds is 3. The van der Waals surface area contributed by atoms with E-state index in [9.17, 15) is 9.90 Å². The van der Waals surface area contributed by atoms with Crippen molar-refractivity contribution < 1.29 is 14.6 Å². The predicted octanol–water partition coefficient (Wildman–Crippen LogP) is -0.0884. The van der Waals surface area contributed by atoms with Crippen molar-refractivity contribution in [1.82, 2.24) is 5.32 Å². The molecule has 3 fully saturated rings. The van der Waals surface area contributed by atoms with Crippen molar-refractivity contribution in [2.75, 3.05) is 26.3 Å². The Balaban J connectivity index is 2.03. The third-order valence-electron chi connectivity index (χ3n) is 3.43. The summed E-state index contributed by atoms with van der Waals surface area (Å²) >= 11 is 0. The van der Waals surface area contributed by atoms with Gasteiger partial charge in [0.1, 0.15) is 0 Å². The van der Waals surface area contributed by atoms with Gasteiger partial charge in [0.2, 0.25) is 0 Å². The monoisotopic (exact) mass is 199 g/mol. The summed E-state index contributed by atoms with van der Waals surface area (Å²) in [7, 11) is 0. The number of hydrogen-bond acceptors (Lipinski definition) is 4. The molecule has 0 spiro atoms. The van der Waals surface area contributed by atoms with Gasteiger partial charge in [0.05, 0.1) is 12.0 Å². The lowest BCUT2D eigenvalue weighted by atomic mass is 9.50. The molecular weight excluding hydrogens is 182 g/mol. The maximum atomic E-state index is 11.7. The highest BCUT2D eigenvalue weighted by Gasteiger charge is 2.61. The summed E-state index contributed by atoms with van der Waals surface area (Å²) in [4.78, 5) is 11.7. The van der Waals surface area contributed by atoms with Crippen molar-refractivity contribution in [1.29, 1.82) is 0 Å². The molecule has 2 saturated heterocycles. The van der Waals surface area contributed by atoms with Gasteiger partial charge in [-0.2, -0.15) is 0 Å². The molecule has 3 rings (SSSR count). The van der Waals surface area contributed by atoms with E-state index in [1.165, 1.54) is 0 Å². The molecule has 0 aromatic carbocycles. The van der Waals surface area contributed by atoms with Crippen molar-refractivity contribution in [2.45, 2.75) is 19.8 Å². The Labute approximate surface area is 83.6 Å². The molecule has 2 N–H and O–H groups in total. The lowest BCUT2D eigenvalue weighted by Gasteiger charge is -2.58. The first-order chi connectivity index (χ1) is 6.66. The summed E-state index contributed by atoms with van der Waals surface area (Å²) in [5.41, 5.74) is -0.387. The number of ether oxygens (including phenoxy) is 1. The molecule has 4 heteroatoms. The predicted molar refractivity (Wildman–Crippen MR) is 50.7 cm³/mol. The van der Waals surface area contributed by atoms with Gasteiger partial charge in [-0.25, -0.2) is 0 Å². The maximum absolute atomic E-state index is 11.7. The van der Waals surface area contributed by atoms with Crippen molar-refractivity contribution in [3.8, 4) is 0 Å². The number of carbonyl (C=O) groups is 1. The molecule has 1 saturated carbocycles. The van der Waals surface area contributed by atoms with Crippen LogP contribution in [0.2, 0.25) is 0 Å². The van der Waals surface area contributed by atoms with Gasteiger partial charge in [0.15, 0.2) is 0 Å². The summed E-state index contributed by atoms with van der Waals surface area (Å²) in [6, 6.07) is 0. The van der Waals surface area contributed by atoms with Gasteiger partial charge in [-0.1, -0.05) is 0 Å². The zero-order valence-corrected chi connectivity index (χ0v) is 8.51. The molecule has 2 bridgehead atoms. The van der Waals surface area contributed by atoms with Crippen molar-refractivity contribution >= 4 is 5.97 Å². The number of esters is 1. The normalized spacial score (nSPS) is 40.1. The number of aliphatic hydroxyl groups is 1. The third-order valence-corrected chi connectivity index (χ3v) is 3.43. The van der Waals surface area contributed by atoms with Crippen LogP contribution in [0.25, 0.3) is 0 Å². The van der Waals surface area contributed by atoms with Crippen molar-refractivity contribution in [3.05, 3.63) is 0 Å². The van der Waals surface area contributed by atoms with Crippen LogP contribution in [0.4, 0.5) is 0 Å². The summed E-state index contributed by atoms with van der Waals surface area (Å²) in [6.45, 7) is 3.95. The molecule has 0 unspecified atom stereocenters. The Hall–Kier alpha value is -0.610. The molecule has 0 amide bonds. The van der Waals surface area contributed by atoms with E-state index in [1.807, 2.05) is 6.92 Å². The fraction of sp³-hybridized carbons (Fsp3) is 0.900. The number of fused-ring (bicyclic) bond motifs is 2. The molecular formula is C10H17NO3. The van der Waals surface area contributed by atoms with Crippen molar-refractivity contribution in [3.63, 3.8) is 0 Å². The Kier molecular flexibility index (Phi) is 2.27. The van der Waals surface area contributed by atoms with E-state index in [0.717, 1.165) is 19.4 Å². The average Bonchev–Trinajstić information content (AvgIpc) is 2.17. The first-order valence-corrected chi connectivity index (χ1v) is 5.15. The Morgan fingerprint density at radius 3 is 2.79 bits per heavy atom. The van der Waals surface area contributed by atoms with Crippen LogP contribution in [0, 0.1) is 10.8 Å². The number of carbonyl (C=O) groups excluding carboxylic acids is 1. The quantitative estimate of drug-likeness (QED) is 0.624. The standard InChI is InChI=1S/C10H17NO3/c1-2-14-8(13)10-3-9(4-10,7-12)5-11-6-10/h11-12H,2-7H2,1H3. The topological polar surface area (TPSA) is 58.6 Å². The van der Waals surface area contributed by atoms with Crippen LogP contribution >= 0.6 is 0 Å². The van der Waals surface area contributed by atoms with E-state index in [-0.39, 0.29) is 23.4 Å². The van der Waals surface area contributed by atoms with Gasteiger partial charge in [-0.3, -0.25) is 4.79 Å². The highest BCUT2D eigenvalue weighted by atomic mass is 16.5. The lowest BCUT2D eigenvalue weighted by molar-refractivity contribution is -0.182. The fourth-order valence-corrected chi connectivity index (χ4v) is 2.87. The van der Waals surface area contributed by atoms with E-state index in [2.05, 4.69) is 5.32 Å². The number of piperidine rings is 2. The van der Waals surface area contributed by atoms with Gasteiger partial charge in [0, 0.05) is 25.1 Å². The van der Waals surface area contributed by atoms with Crippen LogP contribution in [0.3, 0.4) is 0 Å². The van der Waals surface area contributed by atoms with Gasteiger partial charge in [0.25, 0.3) is 0 Å². The van der Waals surface area contributed by atoms with Crippen LogP contribution in [0.15, 0.2) is 0 Å². The zero-order chi connectivity index (χ0) is 10.2. The molecule has 0 aromatic rings. The van der Waals surface area contributed by atoms with Crippen LogP contribution in [0.5, 0.6) is 0 Å². The van der Waals surface area contributed by atoms with E-state index in [4.69, 9.17) is 4.74 Å². The first-order valence-electron chi connectivity index (χ1n) is 5.15. The molecule has 14 heavy (non-hydrogen) atoms. The van der Waals surface area contributed by atoms with Gasteiger partial charge >= 0.3 is 5.97 Å². The lowest BCUT2D eigenvalue weighted by Crippen LogP contribution is -2.66. The van der Waals surface area contributed by atoms with E-state index >= 15 is 0 Å². The Morgan fingerprint density at radius 2 is 2.21 bits per heavy atom. The molecule has 2 aliphatic heterocycles. The molecule has 2 heterocycles. The van der Waals surface area contributed by atoms with Crippen LogP contribution < -0.4 is 5.32 Å². The molecule has 3 aliphatic rings. The highest BCUT2D eigenvalue weighted by Crippen LogP contribution is 2.56. The van der Waals surface area contributed by atoms with Gasteiger partial charge in [-0.15, -0.1) is 0 Å². The average molecular weight is 199 g/mol. The summed E-state index contributed by atoms with van der Waals surface area (Å²) in [6.07, 6.45) is 1.56. The second-order valence-electron chi connectivity index (χ2n) is 4.62. The summed E-state index contributed by atoms with van der Waals surface area (Å²) < 4.78 is 5.05. The van der Waals surface area contributed by atoms with Crippen LogP contribution in [0.1, 0.15) is 19.8 Å². The SMILES string of the molecule is CCOC(=O)C12CNCC(CO)(C1)C2. The van der Waals surface area contributed by atoms with Crippen LogP contribution in [-0.2, 0) is 9.53 Å². The Morgan fingerprint density at radius 1 is 1.50 bits per heavy atom. The largest absolute Gasteiger partial charge is 0.466 e. The minimum absolute atomic E-state index is 0.0506. The van der Waals surface area contributed by atoms with Crippen molar-refractivity contribution in [2.24, 2.45) is 10.8 Å². The molecule has 4 nitrogen and oxygen atoms in total. The fourth-order valence-electron chi connectivity index (χ4n) is 2.87. The first kappa shape index (κ1) is 9.93. The van der Waals surface area contributed by atoms with Gasteiger partial charge < -0.3 is 15.2 Å². The molecule has 0 radical (unpaired) electrons. The summed E-state index contributed by atoms with van der Waals surface area (Å²) in [5.74, 6) is -0.101. The molecule has 1 aliphatic carbocycles. The maximum Gasteiger partial charge on any atom is 0.313 e. The zero-order valence-electron chi connectivity index (χ0n) is 8.51. The Bertz CT molecular complexity index is 246. The molecule has 80 valence electrons. The van der Waals surface area contributed by atoms with Gasteiger partial charge in [-0.05, 0) is 19.8 Å². The van der Waals surface area contributed by atoms with E-state index in [1.54, 1.807) is 0 Å². The van der Waals surface area contributed by atoms with E-state index < -0.39 is 0 Å². The van der Waals surface area contributed by atoms with E-state index in [0.29, 0.717) is 13.2 Å². The molecule has 0 atom stereocenters. The second-order valence-corrected chi connectivity index (χ2v) is 4.62. The number of nitrogens with one attached hydrogen (secondary N) is 1. The second kappa shape index (κ2) is 3.21. The minimum atomic E-state index is -0.336.